The second-order valence-corrected chi connectivity index (χ2v) is 10.9. The molecule has 0 aromatic heterocycles. The summed E-state index contributed by atoms with van der Waals surface area (Å²) in [5.41, 5.74) is 9.35. The van der Waals surface area contributed by atoms with Gasteiger partial charge in [-0.2, -0.15) is 0 Å². The predicted molar refractivity (Wildman–Crippen MR) is 135 cm³/mol. The number of carbonyl (C=O) groups is 2. The fourth-order valence-electron chi connectivity index (χ4n) is 5.98. The molecule has 2 amide bonds. The quantitative estimate of drug-likeness (QED) is 0.627. The summed E-state index contributed by atoms with van der Waals surface area (Å²) < 4.78 is 0. The first-order chi connectivity index (χ1) is 16.5. The van der Waals surface area contributed by atoms with E-state index in [4.69, 9.17) is 5.73 Å². The monoisotopic (exact) mass is 474 g/mol. The smallest absolute Gasteiger partial charge is 0.251 e. The third kappa shape index (κ3) is 3.92. The Morgan fingerprint density at radius 1 is 1.17 bits per heavy atom. The first-order valence-electron chi connectivity index (χ1n) is 12.5. The number of hydrogen-bond acceptors (Lipinski definition) is 5. The molecule has 0 spiro atoms. The maximum atomic E-state index is 13.4. The van der Waals surface area contributed by atoms with Gasteiger partial charge >= 0.3 is 0 Å². The molecule has 5 rings (SSSR count). The maximum absolute atomic E-state index is 13.4. The van der Waals surface area contributed by atoms with Crippen molar-refractivity contribution in [1.29, 1.82) is 0 Å². The Kier molecular flexibility index (Phi) is 5.51. The summed E-state index contributed by atoms with van der Waals surface area (Å²) >= 11 is 0. The lowest BCUT2D eigenvalue weighted by Crippen LogP contribution is -2.51. The second-order valence-electron chi connectivity index (χ2n) is 10.9. The van der Waals surface area contributed by atoms with E-state index in [0.717, 1.165) is 35.1 Å². The van der Waals surface area contributed by atoms with Crippen molar-refractivity contribution < 1.29 is 14.7 Å². The minimum Gasteiger partial charge on any atom is -0.387 e. The molecule has 3 aliphatic rings. The average molecular weight is 475 g/mol. The van der Waals surface area contributed by atoms with Gasteiger partial charge in [-0.1, -0.05) is 44.2 Å². The van der Waals surface area contributed by atoms with Crippen LogP contribution in [0.1, 0.15) is 97.6 Å². The van der Waals surface area contributed by atoms with Gasteiger partial charge in [-0.05, 0) is 67.0 Å². The van der Waals surface area contributed by atoms with Gasteiger partial charge in [-0.3, -0.25) is 14.5 Å². The van der Waals surface area contributed by atoms with Crippen molar-refractivity contribution in [3.63, 3.8) is 0 Å². The molecule has 4 N–H and O–H groups in total. The van der Waals surface area contributed by atoms with Crippen molar-refractivity contribution in [2.45, 2.75) is 82.5 Å². The number of fused-ring (bicyclic) bond motifs is 2. The number of hydrogen-bond donors (Lipinski definition) is 3. The lowest BCUT2D eigenvalue weighted by Gasteiger charge is -2.38. The molecule has 2 aliphatic carbocycles. The van der Waals surface area contributed by atoms with Crippen molar-refractivity contribution in [1.82, 2.24) is 10.2 Å². The highest BCUT2D eigenvalue weighted by Crippen LogP contribution is 2.45. The summed E-state index contributed by atoms with van der Waals surface area (Å²) in [5, 5.41) is 14.1. The largest absolute Gasteiger partial charge is 0.387 e. The van der Waals surface area contributed by atoms with Crippen LogP contribution in [0.3, 0.4) is 0 Å². The number of aliphatic hydroxyl groups is 1. The second kappa shape index (κ2) is 8.19. The van der Waals surface area contributed by atoms with Gasteiger partial charge in [0.05, 0.1) is 29.6 Å². The van der Waals surface area contributed by atoms with Crippen LogP contribution in [0.25, 0.3) is 0 Å². The van der Waals surface area contributed by atoms with Gasteiger partial charge in [0.15, 0.2) is 5.96 Å². The predicted octanol–water partition coefficient (Wildman–Crippen LogP) is 3.73. The Labute approximate surface area is 206 Å². The molecule has 2 aromatic carbocycles. The fraction of sp³-hybridized carbons (Fsp3) is 0.464. The van der Waals surface area contributed by atoms with Gasteiger partial charge < -0.3 is 16.2 Å². The molecule has 0 unspecified atom stereocenters. The van der Waals surface area contributed by atoms with Gasteiger partial charge in [0.2, 0.25) is 5.91 Å². The Morgan fingerprint density at radius 3 is 2.63 bits per heavy atom. The number of nitrogens with one attached hydrogen (secondary N) is 1. The third-order valence-corrected chi connectivity index (χ3v) is 8.13. The zero-order valence-corrected chi connectivity index (χ0v) is 20.8. The molecule has 0 saturated heterocycles. The standard InChI is InChI=1S/C28H34N4O3/c1-5-27(3)15-23(33)32(26(29)31-27)22-12-16(2)19-11-10-17(13-21(19)22)25(34)30-24-20-9-7-6-8-18(20)14-28(24,4)35/h6-11,13,16,22,24,35H,5,12,14-15H2,1-4H3,(H2,29,31)(H,30,34)/t16-,22-,24-,27-,28-/m1/s1. The highest BCUT2D eigenvalue weighted by molar-refractivity contribution is 6.00. The number of amides is 2. The molecule has 7 heteroatoms. The van der Waals surface area contributed by atoms with Gasteiger partial charge in [0.25, 0.3) is 5.91 Å². The van der Waals surface area contributed by atoms with E-state index in [1.165, 1.54) is 0 Å². The minimum atomic E-state index is -1.07. The van der Waals surface area contributed by atoms with Crippen LogP contribution in [0.4, 0.5) is 0 Å². The van der Waals surface area contributed by atoms with Crippen molar-refractivity contribution in [2.24, 2.45) is 10.7 Å². The number of aliphatic imine (C=N–C) groups is 1. The Balaban J connectivity index is 1.45. The van der Waals surface area contributed by atoms with E-state index in [0.29, 0.717) is 18.4 Å². The maximum Gasteiger partial charge on any atom is 0.251 e. The van der Waals surface area contributed by atoms with Crippen LogP contribution in [-0.2, 0) is 11.2 Å². The molecule has 1 heterocycles. The molecule has 0 fully saturated rings. The van der Waals surface area contributed by atoms with Crippen LogP contribution in [0, 0.1) is 0 Å². The van der Waals surface area contributed by atoms with Crippen LogP contribution >= 0.6 is 0 Å². The van der Waals surface area contributed by atoms with Crippen LogP contribution in [0.5, 0.6) is 0 Å². The van der Waals surface area contributed by atoms with Gasteiger partial charge in [0, 0.05) is 12.0 Å². The lowest BCUT2D eigenvalue weighted by molar-refractivity contribution is -0.131. The van der Waals surface area contributed by atoms with Crippen LogP contribution < -0.4 is 11.1 Å². The highest BCUT2D eigenvalue weighted by atomic mass is 16.3. The van der Waals surface area contributed by atoms with Crippen LogP contribution in [0.2, 0.25) is 0 Å². The molecule has 0 bridgehead atoms. The lowest BCUT2D eigenvalue weighted by atomic mass is 9.92. The van der Waals surface area contributed by atoms with E-state index >= 15 is 0 Å². The van der Waals surface area contributed by atoms with Crippen molar-refractivity contribution >= 4 is 17.8 Å². The van der Waals surface area contributed by atoms with Gasteiger partial charge in [-0.25, -0.2) is 4.99 Å². The summed E-state index contributed by atoms with van der Waals surface area (Å²) in [7, 11) is 0. The number of guanidine groups is 1. The molecule has 35 heavy (non-hydrogen) atoms. The number of rotatable bonds is 4. The third-order valence-electron chi connectivity index (χ3n) is 8.13. The van der Waals surface area contributed by atoms with E-state index in [1.54, 1.807) is 11.8 Å². The Bertz CT molecular complexity index is 1240. The Morgan fingerprint density at radius 2 is 1.91 bits per heavy atom. The first kappa shape index (κ1) is 23.5. The van der Waals surface area contributed by atoms with Gasteiger partial charge in [0.1, 0.15) is 0 Å². The van der Waals surface area contributed by atoms with Crippen LogP contribution in [-0.4, -0.2) is 38.9 Å². The summed E-state index contributed by atoms with van der Waals surface area (Å²) in [5.74, 6) is 0.206. The van der Waals surface area contributed by atoms with Crippen molar-refractivity contribution in [3.05, 3.63) is 70.3 Å². The topological polar surface area (TPSA) is 108 Å². The van der Waals surface area contributed by atoms with Gasteiger partial charge in [-0.15, -0.1) is 0 Å². The average Bonchev–Trinajstić information content (AvgIpc) is 3.25. The summed E-state index contributed by atoms with van der Waals surface area (Å²) in [4.78, 5) is 32.8. The summed E-state index contributed by atoms with van der Waals surface area (Å²) in [6.07, 6.45) is 2.28. The Hall–Kier alpha value is -3.19. The molecule has 7 nitrogen and oxygen atoms in total. The van der Waals surface area contributed by atoms with Crippen molar-refractivity contribution in [3.8, 4) is 0 Å². The molecular formula is C28H34N4O3. The summed E-state index contributed by atoms with van der Waals surface area (Å²) in [6, 6.07) is 12.8. The van der Waals surface area contributed by atoms with E-state index in [-0.39, 0.29) is 29.7 Å². The van der Waals surface area contributed by atoms with E-state index < -0.39 is 17.2 Å². The molecule has 0 saturated carbocycles. The molecule has 1 aliphatic heterocycles. The van der Waals surface area contributed by atoms with E-state index in [2.05, 4.69) is 17.2 Å². The van der Waals surface area contributed by atoms with E-state index in [1.807, 2.05) is 56.3 Å². The highest BCUT2D eigenvalue weighted by Gasteiger charge is 2.44. The molecule has 2 aromatic rings. The first-order valence-corrected chi connectivity index (χ1v) is 12.5. The zero-order chi connectivity index (χ0) is 25.1. The number of benzene rings is 2. The minimum absolute atomic E-state index is 0.0274. The molecule has 5 atom stereocenters. The number of nitrogens with two attached hydrogens (primary N) is 1. The SMILES string of the molecule is CC[C@]1(C)CC(=O)N([C@@H]2C[C@@H](C)c3ccc(C(=O)N[C@@H]4c5ccccc5C[C@@]4(C)O)cc32)C(N)=N1. The molecule has 184 valence electrons. The summed E-state index contributed by atoms with van der Waals surface area (Å²) in [6.45, 7) is 7.85. The van der Waals surface area contributed by atoms with Crippen molar-refractivity contribution in [2.75, 3.05) is 0 Å². The van der Waals surface area contributed by atoms with E-state index in [9.17, 15) is 14.7 Å². The van der Waals surface area contributed by atoms with Crippen LogP contribution in [0.15, 0.2) is 47.5 Å². The normalized spacial score (nSPS) is 31.7. The number of carbonyl (C=O) groups excluding carboxylic acids is 2. The molecule has 0 radical (unpaired) electrons. The fourth-order valence-corrected chi connectivity index (χ4v) is 5.98. The zero-order valence-electron chi connectivity index (χ0n) is 20.8. The molecular weight excluding hydrogens is 440 g/mol. The number of nitrogens with zero attached hydrogens (tertiary/aromatic N) is 2.